The molecule has 2 aliphatic rings. The fourth-order valence-electron chi connectivity index (χ4n) is 6.77. The van der Waals surface area contributed by atoms with Crippen molar-refractivity contribution < 1.29 is 61.8 Å². The number of aromatic nitrogens is 1. The number of methoxy groups -OCH3 is 1. The number of carbonyl (C=O) groups excluding carboxylic acids is 6. The van der Waals surface area contributed by atoms with Crippen molar-refractivity contribution in [1.29, 1.82) is 0 Å². The first-order chi connectivity index (χ1) is 32.7. The minimum Gasteiger partial charge on any atom is -0.614 e. The third kappa shape index (κ3) is 13.5. The predicted octanol–water partition coefficient (Wildman–Crippen LogP) is 6.96. The number of anilines is 1. The molecule has 2 N–H and O–H groups in total. The van der Waals surface area contributed by atoms with Crippen molar-refractivity contribution >= 4 is 92.4 Å². The highest BCUT2D eigenvalue weighted by Crippen LogP contribution is 2.39. The van der Waals surface area contributed by atoms with Crippen LogP contribution in [0.15, 0.2) is 101 Å². The SMILES string of the molecule is COc1ccc(COC(=O)[C@H](CC(=O)OC(C)(C)C)O/N=C(\C(=O)N[C@@H]2C(=O)N3C(C(=O)OC(c4ccccc4)c4ccccc4)=C(CCl)C[S+]([O-])[C@H]23)c2nc(NC(=O)OC(C)(C)C)sc2Cl)cc1. The van der Waals surface area contributed by atoms with Gasteiger partial charge in [0.05, 0.1) is 19.4 Å². The average molecular weight is 1030 g/mol. The van der Waals surface area contributed by atoms with Gasteiger partial charge in [0.2, 0.25) is 11.5 Å². The standard InChI is InChI=1S/C47H49Cl2N5O13S2/c1-46(2,3)65-32(55)22-31(42(58)63-24-26-18-20-30(62-7)21-19-26)67-53-34(33-38(49)68-44(51-33)52-45(60)66-47(4,5)6)39(56)50-35-40(57)54-36(29(23-48)25-69(61)41(35)54)43(59)64-37(27-14-10-8-11-15-27)28-16-12-9-13-17-28/h8-21,31,35,37,41H,22-25H2,1-7H3,(H,50,56)(H,51,52,60)/b53-34-/t31-,35+,41+,69?/m0/s1. The number of alkyl halides is 1. The molecule has 4 atom stereocenters. The molecular formula is C47H49Cl2N5O13S2. The molecule has 6 rings (SSSR count). The number of nitrogens with one attached hydrogen (secondary N) is 2. The van der Waals surface area contributed by atoms with E-state index >= 15 is 0 Å². The zero-order valence-electron chi connectivity index (χ0n) is 38.4. The smallest absolute Gasteiger partial charge is 0.413 e. The molecule has 0 bridgehead atoms. The number of carbonyl (C=O) groups is 6. The van der Waals surface area contributed by atoms with Crippen molar-refractivity contribution in [3.63, 3.8) is 0 Å². The maximum absolute atomic E-state index is 14.5. The molecule has 366 valence electrons. The third-order valence-corrected chi connectivity index (χ3v) is 12.9. The number of nitrogens with zero attached hydrogens (tertiary/aromatic N) is 3. The normalized spacial score (nSPS) is 17.5. The number of ether oxygens (including phenoxy) is 5. The third-order valence-electron chi connectivity index (χ3n) is 9.75. The van der Waals surface area contributed by atoms with Gasteiger partial charge in [0.15, 0.2) is 23.0 Å². The molecule has 4 aromatic rings. The van der Waals surface area contributed by atoms with Crippen LogP contribution in [0, 0.1) is 0 Å². The number of hydrogen-bond acceptors (Lipinski definition) is 16. The quantitative estimate of drug-likeness (QED) is 0.0207. The lowest BCUT2D eigenvalue weighted by molar-refractivity contribution is -0.169. The van der Waals surface area contributed by atoms with Crippen LogP contribution < -0.4 is 15.4 Å². The number of amides is 3. The van der Waals surface area contributed by atoms with Crippen LogP contribution in [-0.4, -0.2) is 103 Å². The highest BCUT2D eigenvalue weighted by atomic mass is 35.5. The van der Waals surface area contributed by atoms with Crippen LogP contribution in [0.5, 0.6) is 5.75 Å². The van der Waals surface area contributed by atoms with Crippen LogP contribution in [0.1, 0.15) is 76.5 Å². The summed E-state index contributed by atoms with van der Waals surface area (Å²) in [5.41, 5.74) is -1.23. The van der Waals surface area contributed by atoms with Gasteiger partial charge in [-0.15, -0.1) is 11.6 Å². The Labute approximate surface area is 414 Å². The number of β-lactam (4-membered cyclic amide) rings is 1. The van der Waals surface area contributed by atoms with Crippen molar-refractivity contribution in [2.75, 3.05) is 24.1 Å². The summed E-state index contributed by atoms with van der Waals surface area (Å²) in [6, 6.07) is 22.9. The number of benzene rings is 3. The maximum atomic E-state index is 14.5. The Hall–Kier alpha value is -6.19. The molecule has 0 saturated carbocycles. The Balaban J connectivity index is 1.30. The van der Waals surface area contributed by atoms with E-state index in [1.807, 2.05) is 12.1 Å². The van der Waals surface area contributed by atoms with E-state index in [0.717, 1.165) is 4.90 Å². The lowest BCUT2D eigenvalue weighted by Gasteiger charge is -2.49. The zero-order chi connectivity index (χ0) is 50.2. The van der Waals surface area contributed by atoms with Crippen LogP contribution in [0.3, 0.4) is 0 Å². The van der Waals surface area contributed by atoms with E-state index in [1.54, 1.807) is 114 Å². The molecule has 3 heterocycles. The number of hydrogen-bond donors (Lipinski definition) is 2. The van der Waals surface area contributed by atoms with Crippen molar-refractivity contribution in [3.8, 4) is 5.75 Å². The lowest BCUT2D eigenvalue weighted by atomic mass is 10.0. The Morgan fingerprint density at radius 2 is 1.54 bits per heavy atom. The molecule has 1 fully saturated rings. The summed E-state index contributed by atoms with van der Waals surface area (Å²) in [6.07, 6.45) is -4.38. The number of halogens is 2. The highest BCUT2D eigenvalue weighted by molar-refractivity contribution is 7.92. The monoisotopic (exact) mass is 1030 g/mol. The molecule has 0 aliphatic carbocycles. The van der Waals surface area contributed by atoms with E-state index in [-0.39, 0.29) is 39.0 Å². The summed E-state index contributed by atoms with van der Waals surface area (Å²) >= 11 is 11.7. The van der Waals surface area contributed by atoms with E-state index in [4.69, 9.17) is 51.7 Å². The Kier molecular flexibility index (Phi) is 17.0. The van der Waals surface area contributed by atoms with Crippen LogP contribution in [0.4, 0.5) is 9.93 Å². The Morgan fingerprint density at radius 3 is 2.10 bits per heavy atom. The molecule has 3 amide bonds. The second-order valence-corrected chi connectivity index (χ2v) is 20.7. The van der Waals surface area contributed by atoms with Gasteiger partial charge in [0, 0.05) is 5.57 Å². The van der Waals surface area contributed by atoms with E-state index in [1.165, 1.54) is 7.11 Å². The molecule has 2 aliphatic heterocycles. The number of rotatable bonds is 17. The minimum atomic E-state index is -1.92. The molecule has 1 unspecified atom stereocenters. The molecule has 22 heteroatoms. The number of thiazole rings is 1. The van der Waals surface area contributed by atoms with Gasteiger partial charge in [-0.2, -0.15) is 0 Å². The van der Waals surface area contributed by atoms with Gasteiger partial charge in [0.1, 0.15) is 45.0 Å². The van der Waals surface area contributed by atoms with Gasteiger partial charge in [-0.1, -0.05) is 101 Å². The van der Waals surface area contributed by atoms with E-state index in [9.17, 15) is 33.3 Å². The second kappa shape index (κ2) is 22.5. The van der Waals surface area contributed by atoms with E-state index < -0.39 is 99.6 Å². The lowest BCUT2D eigenvalue weighted by Crippen LogP contribution is -2.75. The molecular weight excluding hydrogens is 978 g/mol. The first-order valence-electron chi connectivity index (χ1n) is 21.2. The molecule has 1 aromatic heterocycles. The van der Waals surface area contributed by atoms with E-state index in [0.29, 0.717) is 33.8 Å². The zero-order valence-corrected chi connectivity index (χ0v) is 41.6. The van der Waals surface area contributed by atoms with Gasteiger partial charge < -0.3 is 38.4 Å². The van der Waals surface area contributed by atoms with Crippen molar-refractivity contribution in [1.82, 2.24) is 15.2 Å². The van der Waals surface area contributed by atoms with Crippen LogP contribution in [0.2, 0.25) is 4.34 Å². The molecule has 0 radical (unpaired) electrons. The summed E-state index contributed by atoms with van der Waals surface area (Å²) in [5.74, 6) is -4.89. The first-order valence-corrected chi connectivity index (χ1v) is 24.3. The molecule has 3 aromatic carbocycles. The van der Waals surface area contributed by atoms with Crippen molar-refractivity contribution in [3.05, 3.63) is 123 Å². The molecule has 1 saturated heterocycles. The van der Waals surface area contributed by atoms with Gasteiger partial charge in [-0.05, 0) is 81.5 Å². The predicted molar refractivity (Wildman–Crippen MR) is 256 cm³/mol. The largest absolute Gasteiger partial charge is 0.614 e. The Morgan fingerprint density at radius 1 is 0.928 bits per heavy atom. The van der Waals surface area contributed by atoms with E-state index in [2.05, 4.69) is 20.8 Å². The van der Waals surface area contributed by atoms with Crippen LogP contribution in [-0.2, 0) is 65.5 Å². The van der Waals surface area contributed by atoms with Crippen molar-refractivity contribution in [2.45, 2.75) is 89.4 Å². The van der Waals surface area contributed by atoms with Gasteiger partial charge in [-0.3, -0.25) is 24.6 Å². The fourth-order valence-corrected chi connectivity index (χ4v) is 9.82. The van der Waals surface area contributed by atoms with Gasteiger partial charge in [-0.25, -0.2) is 19.4 Å². The summed E-state index contributed by atoms with van der Waals surface area (Å²) in [6.45, 7) is 9.50. The first kappa shape index (κ1) is 52.2. The topological polar surface area (TPSA) is 233 Å². The summed E-state index contributed by atoms with van der Waals surface area (Å²) in [7, 11) is 1.49. The summed E-state index contributed by atoms with van der Waals surface area (Å²) in [4.78, 5) is 93.1. The summed E-state index contributed by atoms with van der Waals surface area (Å²) < 4.78 is 41.1. The number of esters is 3. The van der Waals surface area contributed by atoms with Gasteiger partial charge in [0.25, 0.3) is 11.8 Å². The number of oxime groups is 1. The highest BCUT2D eigenvalue weighted by Gasteiger charge is 2.61. The molecule has 69 heavy (non-hydrogen) atoms. The average Bonchev–Trinajstić information content (AvgIpc) is 3.65. The van der Waals surface area contributed by atoms with Gasteiger partial charge >= 0.3 is 24.0 Å². The van der Waals surface area contributed by atoms with Crippen LogP contribution in [0.25, 0.3) is 0 Å². The molecule has 18 nitrogen and oxygen atoms in total. The minimum absolute atomic E-state index is 0.153. The number of fused-ring (bicyclic) bond motifs is 1. The fraction of sp³-hybridized carbons (Fsp3) is 0.362. The summed E-state index contributed by atoms with van der Waals surface area (Å²) in [5, 5.41) is 7.45. The second-order valence-electron chi connectivity index (χ2n) is 17.3. The van der Waals surface area contributed by atoms with Crippen LogP contribution >= 0.6 is 34.5 Å². The Bertz CT molecular complexity index is 2560. The van der Waals surface area contributed by atoms with Crippen molar-refractivity contribution in [2.24, 2.45) is 5.16 Å². The molecule has 0 spiro atoms. The maximum Gasteiger partial charge on any atom is 0.413 e.